The van der Waals surface area contributed by atoms with Crippen LogP contribution in [0.2, 0.25) is 5.02 Å². The Balaban J connectivity index is 1.26. The van der Waals surface area contributed by atoms with Crippen LogP contribution < -0.4 is 20.3 Å². The first-order valence-corrected chi connectivity index (χ1v) is 18.4. The molecule has 0 aromatic carbocycles. The van der Waals surface area contributed by atoms with Gasteiger partial charge in [0.15, 0.2) is 17.3 Å². The molecule has 3 atom stereocenters. The van der Waals surface area contributed by atoms with Crippen LogP contribution >= 0.6 is 22.9 Å². The van der Waals surface area contributed by atoms with Gasteiger partial charge in [-0.2, -0.15) is 25.6 Å². The fourth-order valence-corrected chi connectivity index (χ4v) is 9.53. The Kier molecular flexibility index (Phi) is 9.26. The van der Waals surface area contributed by atoms with Gasteiger partial charge in [0.05, 0.1) is 28.4 Å². The lowest BCUT2D eigenvalue weighted by Crippen LogP contribution is -2.43. The Morgan fingerprint density at radius 2 is 1.88 bits per heavy atom. The molecule has 1 amide bonds. The average molecular weight is 722 g/mol. The zero-order valence-corrected chi connectivity index (χ0v) is 30.2. The molecule has 1 unspecified atom stereocenters. The van der Waals surface area contributed by atoms with E-state index in [1.165, 1.54) is 16.2 Å². The summed E-state index contributed by atoms with van der Waals surface area (Å²) in [5.74, 6) is 0.610. The molecule has 4 aliphatic rings. The van der Waals surface area contributed by atoms with Crippen LogP contribution in [0, 0.1) is 22.7 Å². The predicted molar refractivity (Wildman–Crippen MR) is 189 cm³/mol. The second-order valence-electron chi connectivity index (χ2n) is 13.9. The molecule has 264 valence electrons. The molecular formula is C34H41ClFN11O2S. The lowest BCUT2D eigenvalue weighted by Gasteiger charge is -2.31. The number of ether oxygens (including phenoxy) is 1. The second-order valence-corrected chi connectivity index (χ2v) is 15.4. The molecule has 0 radical (unpaired) electrons. The van der Waals surface area contributed by atoms with E-state index in [4.69, 9.17) is 32.0 Å². The van der Waals surface area contributed by atoms with Crippen molar-refractivity contribution in [3.8, 4) is 18.1 Å². The Labute approximate surface area is 300 Å². The van der Waals surface area contributed by atoms with Crippen molar-refractivity contribution in [2.75, 3.05) is 69.0 Å². The predicted octanol–water partition coefficient (Wildman–Crippen LogP) is 4.34. The number of nitrogen functional groups attached to an aromatic ring is 1. The third-order valence-corrected chi connectivity index (χ3v) is 12.2. The first kappa shape index (κ1) is 34.3. The van der Waals surface area contributed by atoms with Crippen molar-refractivity contribution in [3.63, 3.8) is 0 Å². The summed E-state index contributed by atoms with van der Waals surface area (Å²) in [5, 5.41) is 26.0. The van der Waals surface area contributed by atoms with Crippen molar-refractivity contribution in [3.05, 3.63) is 38.0 Å². The van der Waals surface area contributed by atoms with Crippen molar-refractivity contribution in [2.24, 2.45) is 0 Å². The fourth-order valence-electron chi connectivity index (χ4n) is 8.21. The van der Waals surface area contributed by atoms with Crippen molar-refractivity contribution >= 4 is 45.5 Å². The average Bonchev–Trinajstić information content (AvgIpc) is 3.89. The molecule has 0 saturated carbocycles. The maximum Gasteiger partial charge on any atom is 0.320 e. The van der Waals surface area contributed by atoms with Gasteiger partial charge in [-0.05, 0) is 44.2 Å². The van der Waals surface area contributed by atoms with E-state index in [0.29, 0.717) is 79.0 Å². The summed E-state index contributed by atoms with van der Waals surface area (Å²) in [5.41, 5.74) is 8.54. The molecule has 4 aliphatic heterocycles. The van der Waals surface area contributed by atoms with Gasteiger partial charge >= 0.3 is 6.01 Å². The number of hydrogen-bond acceptors (Lipinski definition) is 12. The van der Waals surface area contributed by atoms with E-state index in [1.54, 1.807) is 18.8 Å². The zero-order chi connectivity index (χ0) is 35.3. The number of anilines is 3. The fraction of sp³-hybridized carbons (Fsp3) is 0.588. The van der Waals surface area contributed by atoms with E-state index in [9.17, 15) is 19.7 Å². The normalized spacial score (nSPS) is 23.3. The highest BCUT2D eigenvalue weighted by Crippen LogP contribution is 2.43. The Hall–Kier alpha value is -4.18. The number of hydrogen-bond donors (Lipinski definition) is 1. The van der Waals surface area contributed by atoms with Gasteiger partial charge < -0.3 is 25.2 Å². The van der Waals surface area contributed by atoms with E-state index in [-0.39, 0.29) is 41.7 Å². The molecule has 7 heterocycles. The monoisotopic (exact) mass is 721 g/mol. The quantitative estimate of drug-likeness (QED) is 0.353. The van der Waals surface area contributed by atoms with E-state index in [0.717, 1.165) is 42.7 Å². The van der Waals surface area contributed by atoms with Crippen molar-refractivity contribution in [1.29, 1.82) is 10.5 Å². The van der Waals surface area contributed by atoms with Crippen molar-refractivity contribution < 1.29 is 13.9 Å². The highest BCUT2D eigenvalue weighted by Gasteiger charge is 2.49. The highest BCUT2D eigenvalue weighted by atomic mass is 35.5. The van der Waals surface area contributed by atoms with Crippen LogP contribution in [0.15, 0.2) is 0 Å². The second kappa shape index (κ2) is 13.5. The van der Waals surface area contributed by atoms with E-state index in [2.05, 4.69) is 34.0 Å². The number of nitriles is 2. The number of fused-ring (bicyclic) bond motifs is 2. The molecule has 13 nitrogen and oxygen atoms in total. The van der Waals surface area contributed by atoms with E-state index in [1.807, 2.05) is 4.90 Å². The van der Waals surface area contributed by atoms with E-state index >= 15 is 0 Å². The Bertz CT molecular complexity index is 1900. The topological polar surface area (TPSA) is 156 Å². The van der Waals surface area contributed by atoms with Crippen LogP contribution in [0.1, 0.15) is 82.7 Å². The van der Waals surface area contributed by atoms with Gasteiger partial charge in [-0.3, -0.25) is 14.4 Å². The summed E-state index contributed by atoms with van der Waals surface area (Å²) >= 11 is 8.27. The number of alkyl halides is 1. The number of rotatable bonds is 8. The summed E-state index contributed by atoms with van der Waals surface area (Å²) in [7, 11) is 3.31. The number of carbonyl (C=O) groups excluding carboxylic acids is 1. The van der Waals surface area contributed by atoms with Crippen LogP contribution in [0.4, 0.5) is 21.0 Å². The molecule has 3 fully saturated rings. The van der Waals surface area contributed by atoms with Gasteiger partial charge in [0.1, 0.15) is 35.5 Å². The molecule has 0 aliphatic carbocycles. The largest absolute Gasteiger partial charge is 0.461 e. The summed E-state index contributed by atoms with van der Waals surface area (Å²) in [6, 6.07) is 4.84. The number of aromatic nitrogens is 4. The van der Waals surface area contributed by atoms with Gasteiger partial charge in [0.25, 0.3) is 5.91 Å². The summed E-state index contributed by atoms with van der Waals surface area (Å²) < 4.78 is 22.8. The standard InChI is InChI=1S/C34H41ClFN11O2S/c1-4-25-26(22(14-37)29(39)50-25)20-7-12-45(16-20)31-23(15-38)30(40-33(41-31)49-19-34-8-5-10-46(34)17-21(36)13-34)44-9-6-11-47-24(18-44)27(35)28(42-47)32(48)43(2)3/h20-21H,4-13,16-19,39H2,1-3H3/t20?,21-,34+/m1/s1. The van der Waals surface area contributed by atoms with Crippen LogP contribution in [0.5, 0.6) is 6.01 Å². The molecular weight excluding hydrogens is 681 g/mol. The molecule has 3 aromatic heterocycles. The number of halogens is 2. The smallest absolute Gasteiger partial charge is 0.320 e. The number of amides is 1. The summed E-state index contributed by atoms with van der Waals surface area (Å²) in [6.07, 6.45) is 3.52. The van der Waals surface area contributed by atoms with Crippen LogP contribution in [0.25, 0.3) is 0 Å². The van der Waals surface area contributed by atoms with Gasteiger partial charge in [-0.15, -0.1) is 11.3 Å². The number of aryl methyl sites for hydroxylation is 2. The van der Waals surface area contributed by atoms with Gasteiger partial charge in [-0.25, -0.2) is 4.39 Å². The third-order valence-electron chi connectivity index (χ3n) is 10.6. The minimum atomic E-state index is -0.901. The summed E-state index contributed by atoms with van der Waals surface area (Å²) in [4.78, 5) is 31.4. The molecule has 16 heteroatoms. The minimum Gasteiger partial charge on any atom is -0.461 e. The Morgan fingerprint density at radius 3 is 2.60 bits per heavy atom. The number of nitrogens with two attached hydrogens (primary N) is 1. The SMILES string of the molecule is CCc1sc(N)c(C#N)c1C1CCN(c2nc(OC[C@@]34CCCN3C[C@H](F)C4)nc(N3CCCn4nc(C(=O)N(C)C)c(Cl)c4C3)c2C#N)C1. The molecule has 2 N–H and O–H groups in total. The minimum absolute atomic E-state index is 0.0346. The molecule has 7 rings (SSSR count). The maximum absolute atomic E-state index is 14.6. The molecule has 0 bridgehead atoms. The summed E-state index contributed by atoms with van der Waals surface area (Å²) in [6.45, 7) is 6.04. The molecule has 0 spiro atoms. The van der Waals surface area contributed by atoms with Gasteiger partial charge in [0, 0.05) is 64.0 Å². The zero-order valence-electron chi connectivity index (χ0n) is 28.6. The van der Waals surface area contributed by atoms with Crippen molar-refractivity contribution in [1.82, 2.24) is 29.5 Å². The third kappa shape index (κ3) is 5.89. The number of thiophene rings is 1. The number of carbonyl (C=O) groups is 1. The maximum atomic E-state index is 14.6. The van der Waals surface area contributed by atoms with Crippen molar-refractivity contribution in [2.45, 2.75) is 76.2 Å². The number of nitrogens with zero attached hydrogens (tertiary/aromatic N) is 10. The molecule has 3 aromatic rings. The Morgan fingerprint density at radius 1 is 1.12 bits per heavy atom. The van der Waals surface area contributed by atoms with Crippen LogP contribution in [-0.2, 0) is 19.5 Å². The first-order valence-electron chi connectivity index (χ1n) is 17.2. The lowest BCUT2D eigenvalue weighted by atomic mass is 9.94. The lowest BCUT2D eigenvalue weighted by molar-refractivity contribution is 0.0821. The highest BCUT2D eigenvalue weighted by molar-refractivity contribution is 7.16. The van der Waals surface area contributed by atoms with E-state index < -0.39 is 11.7 Å². The van der Waals surface area contributed by atoms with Crippen LogP contribution in [-0.4, -0.2) is 101 Å². The molecule has 3 saturated heterocycles. The molecule has 50 heavy (non-hydrogen) atoms. The van der Waals surface area contributed by atoms with Gasteiger partial charge in [0.2, 0.25) is 0 Å². The van der Waals surface area contributed by atoms with Crippen LogP contribution in [0.3, 0.4) is 0 Å². The van der Waals surface area contributed by atoms with Gasteiger partial charge in [-0.1, -0.05) is 18.5 Å². The first-order chi connectivity index (χ1) is 24.1.